The Morgan fingerprint density at radius 3 is 2.81 bits per heavy atom. The third kappa shape index (κ3) is 3.48. The van der Waals surface area contributed by atoms with Gasteiger partial charge in [0.1, 0.15) is 17.9 Å². The number of fused-ring (bicyclic) bond motifs is 1. The molecule has 0 bridgehead atoms. The van der Waals surface area contributed by atoms with Crippen LogP contribution in [-0.4, -0.2) is 33.8 Å². The molecule has 3 N–H and O–H groups in total. The molecule has 1 aliphatic heterocycles. The minimum absolute atomic E-state index is 0.0518. The number of nitriles is 1. The second kappa shape index (κ2) is 7.25. The number of anilines is 3. The fraction of sp³-hybridized carbons (Fsp3) is 0.211. The summed E-state index contributed by atoms with van der Waals surface area (Å²) in [7, 11) is 0. The van der Waals surface area contributed by atoms with E-state index in [4.69, 9.17) is 10.5 Å². The molecule has 0 spiro atoms. The van der Waals surface area contributed by atoms with Gasteiger partial charge in [0.25, 0.3) is 0 Å². The lowest BCUT2D eigenvalue weighted by Gasteiger charge is -2.21. The predicted octanol–water partition coefficient (Wildman–Crippen LogP) is 2.83. The van der Waals surface area contributed by atoms with Gasteiger partial charge in [-0.15, -0.1) is 0 Å². The fourth-order valence-corrected chi connectivity index (χ4v) is 2.94. The van der Waals surface area contributed by atoms with Gasteiger partial charge in [0.2, 0.25) is 5.95 Å². The van der Waals surface area contributed by atoms with Gasteiger partial charge in [0, 0.05) is 55.6 Å². The number of nitrogens with two attached hydrogens (primary N) is 1. The van der Waals surface area contributed by atoms with E-state index >= 15 is 0 Å². The van der Waals surface area contributed by atoms with E-state index in [1.807, 2.05) is 6.21 Å². The standard InChI is InChI=1S/C19H17N7O/c20-10-12-11-25-16-9-17(27-13-2-6-22-7-3-13)15(21)8-14(16)18(12)26-19-23-4-1-5-24-19/h1,4-6,8-9,11,13H,2-3,7,21H2,(H,23,24,25,26). The van der Waals surface area contributed by atoms with Gasteiger partial charge >= 0.3 is 0 Å². The summed E-state index contributed by atoms with van der Waals surface area (Å²) < 4.78 is 6.04. The molecule has 27 heavy (non-hydrogen) atoms. The molecule has 1 aliphatic rings. The number of rotatable bonds is 4. The van der Waals surface area contributed by atoms with Gasteiger partial charge < -0.3 is 15.8 Å². The molecule has 4 rings (SSSR count). The van der Waals surface area contributed by atoms with Crippen LogP contribution in [0, 0.1) is 11.3 Å². The van der Waals surface area contributed by atoms with E-state index in [1.54, 1.807) is 30.6 Å². The van der Waals surface area contributed by atoms with Crippen LogP contribution in [0.3, 0.4) is 0 Å². The number of ether oxygens (including phenoxy) is 1. The lowest BCUT2D eigenvalue weighted by atomic mass is 10.1. The molecule has 0 saturated heterocycles. The summed E-state index contributed by atoms with van der Waals surface area (Å²) in [6.45, 7) is 0.757. The highest BCUT2D eigenvalue weighted by atomic mass is 16.5. The van der Waals surface area contributed by atoms with Crippen molar-refractivity contribution in [1.82, 2.24) is 15.0 Å². The molecule has 3 aromatic rings. The molecule has 0 amide bonds. The average molecular weight is 359 g/mol. The number of benzene rings is 1. The van der Waals surface area contributed by atoms with Crippen molar-refractivity contribution in [3.05, 3.63) is 42.4 Å². The number of nitrogens with one attached hydrogen (secondary N) is 1. The average Bonchev–Trinajstić information content (AvgIpc) is 2.71. The first kappa shape index (κ1) is 16.7. The number of nitrogens with zero attached hydrogens (tertiary/aromatic N) is 5. The lowest BCUT2D eigenvalue weighted by molar-refractivity contribution is 0.200. The van der Waals surface area contributed by atoms with Crippen molar-refractivity contribution < 1.29 is 4.74 Å². The third-order valence-corrected chi connectivity index (χ3v) is 4.29. The molecule has 1 unspecified atom stereocenters. The number of aromatic nitrogens is 3. The van der Waals surface area contributed by atoms with E-state index in [2.05, 4.69) is 31.3 Å². The van der Waals surface area contributed by atoms with Crippen molar-refractivity contribution in [3.8, 4) is 11.8 Å². The summed E-state index contributed by atoms with van der Waals surface area (Å²) in [4.78, 5) is 16.9. The summed E-state index contributed by atoms with van der Waals surface area (Å²) in [6.07, 6.45) is 8.31. The molecule has 8 nitrogen and oxygen atoms in total. The molecule has 1 atom stereocenters. The first-order chi connectivity index (χ1) is 13.2. The van der Waals surface area contributed by atoms with E-state index in [0.717, 1.165) is 19.4 Å². The Morgan fingerprint density at radius 2 is 2.07 bits per heavy atom. The number of hydrogen-bond donors (Lipinski definition) is 2. The van der Waals surface area contributed by atoms with Gasteiger partial charge in [-0.2, -0.15) is 5.26 Å². The number of hydrogen-bond acceptors (Lipinski definition) is 8. The van der Waals surface area contributed by atoms with Crippen LogP contribution in [-0.2, 0) is 0 Å². The quantitative estimate of drug-likeness (QED) is 0.687. The predicted molar refractivity (Wildman–Crippen MR) is 103 cm³/mol. The molecule has 134 valence electrons. The first-order valence-electron chi connectivity index (χ1n) is 8.56. The van der Waals surface area contributed by atoms with Crippen LogP contribution in [0.4, 0.5) is 17.3 Å². The van der Waals surface area contributed by atoms with Crippen LogP contribution in [0.1, 0.15) is 18.4 Å². The van der Waals surface area contributed by atoms with Gasteiger partial charge in [-0.1, -0.05) is 0 Å². The maximum Gasteiger partial charge on any atom is 0.227 e. The van der Waals surface area contributed by atoms with Gasteiger partial charge in [-0.05, 0) is 12.1 Å². The number of aliphatic imine (C=N–C) groups is 1. The molecule has 1 aromatic carbocycles. The lowest BCUT2D eigenvalue weighted by Crippen LogP contribution is -2.21. The van der Waals surface area contributed by atoms with Crippen molar-refractivity contribution in [2.24, 2.45) is 4.99 Å². The highest BCUT2D eigenvalue weighted by molar-refractivity contribution is 5.98. The Bertz CT molecular complexity index is 1040. The highest BCUT2D eigenvalue weighted by Crippen LogP contribution is 2.34. The molecule has 8 heteroatoms. The van der Waals surface area contributed by atoms with Crippen LogP contribution in [0.15, 0.2) is 41.8 Å². The number of nitrogen functional groups attached to an aromatic ring is 1. The minimum atomic E-state index is 0.0518. The van der Waals surface area contributed by atoms with Crippen LogP contribution < -0.4 is 15.8 Å². The van der Waals surface area contributed by atoms with Crippen molar-refractivity contribution in [1.29, 1.82) is 5.26 Å². The third-order valence-electron chi connectivity index (χ3n) is 4.29. The van der Waals surface area contributed by atoms with E-state index in [1.165, 1.54) is 6.20 Å². The normalized spacial score (nSPS) is 16.0. The Morgan fingerprint density at radius 1 is 1.22 bits per heavy atom. The van der Waals surface area contributed by atoms with Crippen LogP contribution in [0.2, 0.25) is 0 Å². The first-order valence-corrected chi connectivity index (χ1v) is 8.56. The van der Waals surface area contributed by atoms with E-state index in [0.29, 0.717) is 39.5 Å². The van der Waals surface area contributed by atoms with Crippen LogP contribution in [0.5, 0.6) is 5.75 Å². The SMILES string of the molecule is N#Cc1cnc2cc(OC3CC=NCC3)c(N)cc2c1Nc1ncccn1. The number of pyridine rings is 1. The topological polar surface area (TPSA) is 122 Å². The van der Waals surface area contributed by atoms with Gasteiger partial charge in [0.15, 0.2) is 0 Å². The maximum absolute atomic E-state index is 9.46. The van der Waals surface area contributed by atoms with Gasteiger partial charge in [-0.25, -0.2) is 9.97 Å². The van der Waals surface area contributed by atoms with E-state index in [9.17, 15) is 5.26 Å². The zero-order valence-corrected chi connectivity index (χ0v) is 14.5. The fourth-order valence-electron chi connectivity index (χ4n) is 2.94. The highest BCUT2D eigenvalue weighted by Gasteiger charge is 2.17. The Balaban J connectivity index is 1.74. The Hall–Kier alpha value is -3.73. The minimum Gasteiger partial charge on any atom is -0.488 e. The molecule has 0 radical (unpaired) electrons. The second-order valence-corrected chi connectivity index (χ2v) is 6.12. The van der Waals surface area contributed by atoms with Crippen molar-refractivity contribution >= 4 is 34.4 Å². The second-order valence-electron chi connectivity index (χ2n) is 6.12. The zero-order valence-electron chi connectivity index (χ0n) is 14.5. The van der Waals surface area contributed by atoms with E-state index in [-0.39, 0.29) is 6.10 Å². The summed E-state index contributed by atoms with van der Waals surface area (Å²) in [6, 6.07) is 7.43. The summed E-state index contributed by atoms with van der Waals surface area (Å²) in [5.74, 6) is 0.976. The largest absolute Gasteiger partial charge is 0.488 e. The van der Waals surface area contributed by atoms with Crippen LogP contribution in [0.25, 0.3) is 10.9 Å². The van der Waals surface area contributed by atoms with Gasteiger partial charge in [-0.3, -0.25) is 9.98 Å². The summed E-state index contributed by atoms with van der Waals surface area (Å²) in [5.41, 5.74) is 8.33. The molecule has 0 saturated carbocycles. The Kier molecular flexibility index (Phi) is 4.49. The Labute approximate surface area is 155 Å². The maximum atomic E-state index is 9.46. The molecule has 0 fully saturated rings. The molecule has 3 heterocycles. The molecule has 0 aliphatic carbocycles. The molecular formula is C19H17N7O. The van der Waals surface area contributed by atoms with Crippen molar-refractivity contribution in [3.63, 3.8) is 0 Å². The van der Waals surface area contributed by atoms with Crippen molar-refractivity contribution in [2.75, 3.05) is 17.6 Å². The smallest absolute Gasteiger partial charge is 0.227 e. The summed E-state index contributed by atoms with van der Waals surface area (Å²) >= 11 is 0. The van der Waals surface area contributed by atoms with Gasteiger partial charge in [0.05, 0.1) is 22.5 Å². The zero-order chi connectivity index (χ0) is 18.6. The summed E-state index contributed by atoms with van der Waals surface area (Å²) in [5, 5.41) is 13.3. The molecule has 2 aromatic heterocycles. The monoisotopic (exact) mass is 359 g/mol. The van der Waals surface area contributed by atoms with E-state index < -0.39 is 0 Å². The van der Waals surface area contributed by atoms with Crippen molar-refractivity contribution in [2.45, 2.75) is 18.9 Å². The molecular weight excluding hydrogens is 342 g/mol. The van der Waals surface area contributed by atoms with Crippen LogP contribution >= 0.6 is 0 Å².